The highest BCUT2D eigenvalue weighted by atomic mass is 79.9. The average molecular weight is 465 g/mol. The van der Waals surface area contributed by atoms with E-state index >= 15 is 0 Å². The van der Waals surface area contributed by atoms with E-state index in [9.17, 15) is 9.59 Å². The van der Waals surface area contributed by atoms with Crippen LogP contribution in [0.25, 0.3) is 11.0 Å². The molecule has 152 valence electrons. The molecule has 3 aromatic rings. The van der Waals surface area contributed by atoms with Crippen molar-refractivity contribution in [3.8, 4) is 0 Å². The first-order chi connectivity index (χ1) is 14.4. The zero-order valence-corrected chi connectivity index (χ0v) is 18.3. The summed E-state index contributed by atoms with van der Waals surface area (Å²) in [5.41, 5.74) is 7.83. The normalized spacial score (nSPS) is 23.2. The molecule has 2 aromatic carbocycles. The van der Waals surface area contributed by atoms with Crippen molar-refractivity contribution >= 4 is 38.8 Å². The van der Waals surface area contributed by atoms with E-state index in [1.54, 1.807) is 18.2 Å². The average Bonchev–Trinajstić information content (AvgIpc) is 3.12. The van der Waals surface area contributed by atoms with Gasteiger partial charge in [-0.2, -0.15) is 0 Å². The molecule has 2 bridgehead atoms. The van der Waals surface area contributed by atoms with Crippen LogP contribution in [0.1, 0.15) is 54.4 Å². The molecule has 2 aliphatic carbocycles. The molecule has 7 heteroatoms. The minimum Gasteiger partial charge on any atom is -0.272 e. The number of nitrogens with one attached hydrogen (secondary N) is 2. The topological polar surface area (TPSA) is 84.0 Å². The quantitative estimate of drug-likeness (QED) is 0.561. The number of nitrogens with zero attached hydrogens (tertiary/aromatic N) is 2. The molecule has 0 spiro atoms. The van der Waals surface area contributed by atoms with Gasteiger partial charge in [-0.3, -0.25) is 20.4 Å². The van der Waals surface area contributed by atoms with Gasteiger partial charge in [0.2, 0.25) is 0 Å². The number of rotatable bonds is 2. The second-order valence-corrected chi connectivity index (χ2v) is 9.41. The summed E-state index contributed by atoms with van der Waals surface area (Å²) >= 11 is 3.37. The fourth-order valence-corrected chi connectivity index (χ4v) is 5.73. The van der Waals surface area contributed by atoms with Crippen molar-refractivity contribution in [3.05, 3.63) is 70.0 Å². The van der Waals surface area contributed by atoms with Crippen molar-refractivity contribution in [1.82, 2.24) is 20.8 Å². The molecule has 1 fully saturated rings. The Hall–Kier alpha value is -2.80. The highest BCUT2D eigenvalue weighted by Gasteiger charge is 2.68. The Morgan fingerprint density at radius 1 is 1.00 bits per heavy atom. The van der Waals surface area contributed by atoms with Gasteiger partial charge in [-0.15, -0.1) is 0 Å². The van der Waals surface area contributed by atoms with Gasteiger partial charge in [-0.1, -0.05) is 38.1 Å². The Bertz CT molecular complexity index is 1210. The van der Waals surface area contributed by atoms with Gasteiger partial charge in [0.25, 0.3) is 11.8 Å². The van der Waals surface area contributed by atoms with Crippen LogP contribution >= 0.6 is 15.9 Å². The van der Waals surface area contributed by atoms with Crippen LogP contribution in [0.4, 0.5) is 0 Å². The number of fused-ring (bicyclic) bond motifs is 6. The van der Waals surface area contributed by atoms with Gasteiger partial charge in [0.1, 0.15) is 5.41 Å². The van der Waals surface area contributed by atoms with E-state index in [1.807, 2.05) is 30.3 Å². The number of hydrogen-bond acceptors (Lipinski definition) is 4. The summed E-state index contributed by atoms with van der Waals surface area (Å²) in [6, 6.07) is 14.8. The zero-order chi connectivity index (χ0) is 21.1. The Morgan fingerprint density at radius 2 is 1.67 bits per heavy atom. The number of carbonyl (C=O) groups is 2. The van der Waals surface area contributed by atoms with Crippen LogP contribution in [0.5, 0.6) is 0 Å². The molecule has 2 amide bonds. The molecule has 2 unspecified atom stereocenters. The van der Waals surface area contributed by atoms with Crippen molar-refractivity contribution in [2.24, 2.45) is 5.41 Å². The lowest BCUT2D eigenvalue weighted by Gasteiger charge is -2.36. The fourth-order valence-electron chi connectivity index (χ4n) is 5.26. The number of halogens is 1. The molecule has 1 heterocycles. The molecule has 30 heavy (non-hydrogen) atoms. The summed E-state index contributed by atoms with van der Waals surface area (Å²) in [4.78, 5) is 35.9. The van der Waals surface area contributed by atoms with E-state index in [1.165, 1.54) is 0 Å². The van der Waals surface area contributed by atoms with Crippen LogP contribution in [0.3, 0.4) is 0 Å². The molecule has 0 saturated heterocycles. The number of hydrogen-bond donors (Lipinski definition) is 2. The van der Waals surface area contributed by atoms with E-state index in [0.717, 1.165) is 28.8 Å². The molecule has 5 rings (SSSR count). The maximum atomic E-state index is 13.6. The minimum atomic E-state index is -0.828. The largest absolute Gasteiger partial charge is 0.272 e. The van der Waals surface area contributed by atoms with Crippen LogP contribution in [0.15, 0.2) is 53.0 Å². The predicted octanol–water partition coefficient (Wildman–Crippen LogP) is 4.01. The molecule has 0 aliphatic heterocycles. The number of carbonyl (C=O) groups excluding carboxylic acids is 2. The molecular weight excluding hydrogens is 444 g/mol. The molecule has 2 aliphatic rings. The second-order valence-electron chi connectivity index (χ2n) is 8.55. The van der Waals surface area contributed by atoms with Crippen LogP contribution in [-0.2, 0) is 10.2 Å². The van der Waals surface area contributed by atoms with Crippen molar-refractivity contribution < 1.29 is 9.59 Å². The maximum absolute atomic E-state index is 13.6. The Balaban J connectivity index is 1.50. The van der Waals surface area contributed by atoms with E-state index in [0.29, 0.717) is 16.5 Å². The molecule has 0 radical (unpaired) electrons. The van der Waals surface area contributed by atoms with Gasteiger partial charge in [-0.05, 0) is 58.5 Å². The Morgan fingerprint density at radius 3 is 2.40 bits per heavy atom. The summed E-state index contributed by atoms with van der Waals surface area (Å²) in [5, 5.41) is 0. The number of para-hydroxylation sites is 2. The minimum absolute atomic E-state index is 0.161. The van der Waals surface area contributed by atoms with Gasteiger partial charge in [0.15, 0.2) is 0 Å². The number of amides is 2. The summed E-state index contributed by atoms with van der Waals surface area (Å²) in [6.45, 7) is 4.21. The highest BCUT2D eigenvalue weighted by Crippen LogP contribution is 2.67. The molecule has 1 saturated carbocycles. The predicted molar refractivity (Wildman–Crippen MR) is 117 cm³/mol. The molecular formula is C23H21BrN4O2. The van der Waals surface area contributed by atoms with Gasteiger partial charge in [-0.25, -0.2) is 9.97 Å². The monoisotopic (exact) mass is 464 g/mol. The van der Waals surface area contributed by atoms with Gasteiger partial charge in [0, 0.05) is 10.4 Å². The van der Waals surface area contributed by atoms with Crippen molar-refractivity contribution in [1.29, 1.82) is 0 Å². The van der Waals surface area contributed by atoms with E-state index in [2.05, 4.69) is 40.6 Å². The summed E-state index contributed by atoms with van der Waals surface area (Å²) in [6.07, 6.45) is 1.56. The zero-order valence-electron chi connectivity index (χ0n) is 16.7. The van der Waals surface area contributed by atoms with Gasteiger partial charge >= 0.3 is 0 Å². The van der Waals surface area contributed by atoms with Crippen molar-refractivity contribution in [3.63, 3.8) is 0 Å². The van der Waals surface area contributed by atoms with Gasteiger partial charge in [0.05, 0.1) is 28.0 Å². The lowest BCUT2D eigenvalue weighted by molar-refractivity contribution is -0.130. The lowest BCUT2D eigenvalue weighted by atomic mass is 9.68. The number of hydrazine groups is 1. The SMILES string of the molecule is CC1(C)C2CCC1(C(=O)NNC(=O)c1ccccc1Br)c1nc3ccccc3nc12. The van der Waals surface area contributed by atoms with Crippen LogP contribution in [-0.4, -0.2) is 21.8 Å². The first kappa shape index (κ1) is 19.2. The van der Waals surface area contributed by atoms with Crippen LogP contribution in [0, 0.1) is 5.41 Å². The maximum Gasteiger partial charge on any atom is 0.270 e. The van der Waals surface area contributed by atoms with Crippen molar-refractivity contribution in [2.45, 2.75) is 38.0 Å². The van der Waals surface area contributed by atoms with Crippen molar-refractivity contribution in [2.75, 3.05) is 0 Å². The number of benzene rings is 2. The summed E-state index contributed by atoms with van der Waals surface area (Å²) < 4.78 is 0.666. The summed E-state index contributed by atoms with van der Waals surface area (Å²) in [5.74, 6) is -0.449. The van der Waals surface area contributed by atoms with Crippen LogP contribution < -0.4 is 10.9 Å². The lowest BCUT2D eigenvalue weighted by Crippen LogP contribution is -2.55. The first-order valence-corrected chi connectivity index (χ1v) is 10.8. The Labute approximate surface area is 182 Å². The smallest absolute Gasteiger partial charge is 0.270 e. The van der Waals surface area contributed by atoms with Crippen LogP contribution in [0.2, 0.25) is 0 Å². The third-order valence-corrected chi connectivity index (χ3v) is 7.60. The fraction of sp³-hybridized carbons (Fsp3) is 0.304. The standard InChI is InChI=1S/C23H21BrN4O2/c1-22(2)14-11-12-23(22,19-18(14)25-16-9-5-6-10-17(16)26-19)21(30)28-27-20(29)13-7-3-4-8-15(13)24/h3-10,14H,11-12H2,1-2H3,(H,27,29)(H,28,30). The third-order valence-electron chi connectivity index (χ3n) is 6.91. The molecule has 2 atom stereocenters. The molecule has 6 nitrogen and oxygen atoms in total. The second kappa shape index (κ2) is 6.60. The molecule has 1 aromatic heterocycles. The molecule has 2 N–H and O–H groups in total. The van der Waals surface area contributed by atoms with E-state index in [4.69, 9.17) is 9.97 Å². The third kappa shape index (κ3) is 2.48. The Kier molecular flexibility index (Phi) is 4.22. The first-order valence-electron chi connectivity index (χ1n) is 9.99. The van der Waals surface area contributed by atoms with Gasteiger partial charge < -0.3 is 0 Å². The van der Waals surface area contributed by atoms with E-state index in [-0.39, 0.29) is 23.1 Å². The number of aromatic nitrogens is 2. The van der Waals surface area contributed by atoms with E-state index < -0.39 is 5.41 Å². The highest BCUT2D eigenvalue weighted by molar-refractivity contribution is 9.10. The summed E-state index contributed by atoms with van der Waals surface area (Å²) in [7, 11) is 0.